The van der Waals surface area contributed by atoms with E-state index in [0.29, 0.717) is 13.1 Å². The number of nitrogens with zero attached hydrogens (tertiary/aromatic N) is 3. The Morgan fingerprint density at radius 2 is 1.57 bits per heavy atom. The van der Waals surface area contributed by atoms with Gasteiger partial charge >= 0.3 is 11.8 Å². The Labute approximate surface area is 392 Å². The fourth-order valence-electron chi connectivity index (χ4n) is 9.62. The first-order valence-corrected chi connectivity index (χ1v) is 22.8. The molecule has 0 spiro atoms. The summed E-state index contributed by atoms with van der Waals surface area (Å²) in [4.78, 5) is 43.4. The number of phenols is 3. The number of nitrogens with one attached hydrogen (secondary N) is 1. The topological polar surface area (TPSA) is 220 Å². The molecule has 16 heteroatoms. The van der Waals surface area contributed by atoms with Crippen LogP contribution in [0.5, 0.6) is 23.0 Å². The number of carbonyl (C=O) groups is 3. The maximum Gasteiger partial charge on any atom is 0.312 e. The maximum atomic E-state index is 14.6. The second-order valence-corrected chi connectivity index (χ2v) is 18.6. The zero-order chi connectivity index (χ0) is 49.2. The van der Waals surface area contributed by atoms with E-state index >= 15 is 0 Å². The van der Waals surface area contributed by atoms with Crippen LogP contribution < -0.4 is 10.1 Å². The van der Waals surface area contributed by atoms with Crippen LogP contribution in [0.25, 0.3) is 10.8 Å². The summed E-state index contributed by atoms with van der Waals surface area (Å²) in [6.45, 7) is 18.7. The largest absolute Gasteiger partial charge is 0.507 e. The van der Waals surface area contributed by atoms with E-state index < -0.39 is 88.8 Å². The van der Waals surface area contributed by atoms with Gasteiger partial charge in [-0.3, -0.25) is 24.3 Å². The van der Waals surface area contributed by atoms with Crippen LogP contribution in [0.1, 0.15) is 89.4 Å². The molecule has 0 aliphatic carbocycles. The second-order valence-electron chi connectivity index (χ2n) is 18.6. The summed E-state index contributed by atoms with van der Waals surface area (Å²) in [6.07, 6.45) is 4.88. The van der Waals surface area contributed by atoms with Crippen LogP contribution in [0.2, 0.25) is 0 Å². The first-order valence-electron chi connectivity index (χ1n) is 22.8. The van der Waals surface area contributed by atoms with Gasteiger partial charge in [0.2, 0.25) is 0 Å². The van der Waals surface area contributed by atoms with Gasteiger partial charge in [0.05, 0.1) is 65.1 Å². The molecule has 0 aromatic heterocycles. The van der Waals surface area contributed by atoms with Gasteiger partial charge in [-0.1, -0.05) is 76.3 Å². The fraction of sp³-hybridized carbons (Fsp3) is 0.490. The van der Waals surface area contributed by atoms with E-state index in [1.54, 1.807) is 39.8 Å². The van der Waals surface area contributed by atoms with Crippen LogP contribution in [0.15, 0.2) is 71.6 Å². The quantitative estimate of drug-likeness (QED) is 0.0658. The van der Waals surface area contributed by atoms with Crippen molar-refractivity contribution in [1.82, 2.24) is 9.91 Å². The number of rotatable bonds is 6. The number of ether oxygens (including phenoxy) is 4. The van der Waals surface area contributed by atoms with E-state index in [1.807, 2.05) is 37.1 Å². The van der Waals surface area contributed by atoms with E-state index in [0.717, 1.165) is 6.54 Å². The lowest BCUT2D eigenvalue weighted by molar-refractivity contribution is -0.160. The molecule has 1 fully saturated rings. The number of allylic oxidation sites excluding steroid dienone is 2. The number of hydrogen-bond acceptors (Lipinski definition) is 15. The molecule has 7 rings (SSSR count). The van der Waals surface area contributed by atoms with Crippen LogP contribution in [-0.4, -0.2) is 122 Å². The van der Waals surface area contributed by atoms with Gasteiger partial charge < -0.3 is 49.8 Å². The van der Waals surface area contributed by atoms with Crippen molar-refractivity contribution in [3.8, 4) is 23.0 Å². The maximum absolute atomic E-state index is 14.6. The zero-order valence-electron chi connectivity index (χ0n) is 40.2. The van der Waals surface area contributed by atoms with Crippen molar-refractivity contribution in [3.05, 3.63) is 88.7 Å². The number of esters is 1. The number of aliphatic hydroxyl groups is 2. The number of hydrazone groups is 1. The Kier molecular flexibility index (Phi) is 15.5. The van der Waals surface area contributed by atoms with Crippen LogP contribution in [0.4, 0.5) is 5.69 Å². The van der Waals surface area contributed by atoms with E-state index in [1.165, 1.54) is 65.0 Å². The monoisotopic (exact) mass is 926 g/mol. The molecular weight excluding hydrogens is 861 g/mol. The van der Waals surface area contributed by atoms with Crippen molar-refractivity contribution in [1.29, 1.82) is 0 Å². The molecule has 0 saturated carbocycles. The Balaban J connectivity index is 1.49. The SMILES string of the molecule is CO[C@@H]1C=CO[C@@]2(C)Oc3c(C)c(O)c4c(O)c(c(C=NN5[C@H](C)CN(Cc6ccccc6)C[C@@H]5C)c(O)c4c3C2=O)NC(=O)C(C)=CC=C[C@H](C)[C@H](O)[C@H](C)[C@H](O)[C@H](C)[C@@H](OC(C)=O)[C@H]1C. The van der Waals surface area contributed by atoms with Crippen molar-refractivity contribution in [2.45, 2.75) is 118 Å². The summed E-state index contributed by atoms with van der Waals surface area (Å²) < 4.78 is 23.8. The number of piperazine rings is 1. The van der Waals surface area contributed by atoms with Crippen LogP contribution >= 0.6 is 0 Å². The molecule has 67 heavy (non-hydrogen) atoms. The number of amides is 1. The van der Waals surface area contributed by atoms with E-state index in [-0.39, 0.29) is 56.6 Å². The molecule has 3 aromatic carbocycles. The molecule has 1 saturated heterocycles. The van der Waals surface area contributed by atoms with E-state index in [9.17, 15) is 39.9 Å². The third-order valence-corrected chi connectivity index (χ3v) is 13.6. The minimum absolute atomic E-state index is 0.0500. The number of anilines is 1. The summed E-state index contributed by atoms with van der Waals surface area (Å²) in [7, 11) is 1.44. The predicted molar refractivity (Wildman–Crippen MR) is 254 cm³/mol. The molecule has 0 radical (unpaired) electrons. The zero-order valence-corrected chi connectivity index (χ0v) is 40.2. The molecule has 16 nitrogen and oxygen atoms in total. The number of methoxy groups -OCH3 is 1. The van der Waals surface area contributed by atoms with Crippen molar-refractivity contribution in [3.63, 3.8) is 0 Å². The number of aliphatic hydroxyl groups excluding tert-OH is 2. The number of benzene rings is 3. The van der Waals surface area contributed by atoms with Crippen molar-refractivity contribution >= 4 is 40.3 Å². The number of hydrogen-bond donors (Lipinski definition) is 6. The van der Waals surface area contributed by atoms with Crippen molar-refractivity contribution in [2.75, 3.05) is 25.5 Å². The number of fused-ring (bicyclic) bond motifs is 14. The van der Waals surface area contributed by atoms with Gasteiger partial charge in [-0.05, 0) is 39.3 Å². The highest BCUT2D eigenvalue weighted by Gasteiger charge is 2.50. The highest BCUT2D eigenvalue weighted by molar-refractivity contribution is 6.23. The molecule has 4 heterocycles. The Bertz CT molecular complexity index is 2460. The Morgan fingerprint density at radius 1 is 0.910 bits per heavy atom. The summed E-state index contributed by atoms with van der Waals surface area (Å²) in [5.41, 5.74) is 0.785. The molecule has 4 aliphatic heterocycles. The molecule has 11 atom stereocenters. The van der Waals surface area contributed by atoms with Crippen molar-refractivity contribution in [2.24, 2.45) is 28.8 Å². The van der Waals surface area contributed by atoms with Gasteiger partial charge in [0.1, 0.15) is 23.4 Å². The first kappa shape index (κ1) is 50.5. The molecule has 362 valence electrons. The van der Waals surface area contributed by atoms with Gasteiger partial charge in [-0.15, -0.1) is 0 Å². The first-order chi connectivity index (χ1) is 31.6. The lowest BCUT2D eigenvalue weighted by Crippen LogP contribution is -2.54. The summed E-state index contributed by atoms with van der Waals surface area (Å²) in [5, 5.41) is 68.1. The standard InChI is InChI=1S/C51H66N4O12/c1-26-16-15-17-27(2)50(63)53-41-36(22-52-55-28(3)23-54(24-29(55)4)25-35-18-13-12-14-19-35)45(60)38-39(46(41)61)44(59)33(8)48-40(38)49(62)51(10,67-48)65-21-20-37(64-11)30(5)47(66-34(9)56)32(7)43(58)31(6)42(26)57/h12-22,26,28-32,37,42-43,47,57-61H,23-25H2,1-11H3,(H,53,63)/t26-,28-,29+,30-,31-,32-,37+,42-,43-,47-,51-/m0/s1. The number of aromatic hydroxyl groups is 3. The van der Waals surface area contributed by atoms with Gasteiger partial charge in [0, 0.05) is 80.8 Å². The number of ketones is 1. The minimum atomic E-state index is -2.07. The molecular formula is C51H66N4O12. The summed E-state index contributed by atoms with van der Waals surface area (Å²) in [5.74, 6) is -8.46. The number of phenolic OH excluding ortho intramolecular Hbond substituents is 3. The molecule has 3 aromatic rings. The lowest BCUT2D eigenvalue weighted by atomic mass is 9.78. The van der Waals surface area contributed by atoms with Gasteiger partial charge in [0.25, 0.3) is 11.7 Å². The highest BCUT2D eigenvalue weighted by atomic mass is 16.7. The predicted octanol–water partition coefficient (Wildman–Crippen LogP) is 6.68. The number of Topliss-reactive ketones (excluding diaryl/α,β-unsaturated/α-hetero) is 1. The molecule has 1 amide bonds. The average molecular weight is 927 g/mol. The normalized spacial score (nSPS) is 30.1. The minimum Gasteiger partial charge on any atom is -0.507 e. The van der Waals surface area contributed by atoms with Crippen LogP contribution in [-0.2, 0) is 30.3 Å². The van der Waals surface area contributed by atoms with Crippen molar-refractivity contribution < 1.29 is 58.9 Å². The Morgan fingerprint density at radius 3 is 2.19 bits per heavy atom. The number of carbonyl (C=O) groups excluding carboxylic acids is 3. The molecule has 5 bridgehead atoms. The molecule has 0 unspecified atom stereocenters. The third-order valence-electron chi connectivity index (χ3n) is 13.6. The van der Waals surface area contributed by atoms with Gasteiger partial charge in [-0.25, -0.2) is 0 Å². The fourth-order valence-corrected chi connectivity index (χ4v) is 9.62. The summed E-state index contributed by atoms with van der Waals surface area (Å²) in [6, 6.07) is 9.93. The average Bonchev–Trinajstić information content (AvgIpc) is 3.55. The van der Waals surface area contributed by atoms with Gasteiger partial charge in [-0.2, -0.15) is 5.10 Å². The van der Waals surface area contributed by atoms with E-state index in [4.69, 9.17) is 24.0 Å². The molecule has 4 aliphatic rings. The van der Waals surface area contributed by atoms with Gasteiger partial charge in [0.15, 0.2) is 5.75 Å². The van der Waals surface area contributed by atoms with E-state index in [2.05, 4.69) is 22.3 Å². The molecule has 6 N–H and O–H groups in total. The third kappa shape index (κ3) is 10.2. The highest BCUT2D eigenvalue weighted by Crippen LogP contribution is 2.55. The Hall–Kier alpha value is -5.94. The smallest absolute Gasteiger partial charge is 0.312 e. The second kappa shape index (κ2) is 20.5. The van der Waals surface area contributed by atoms with Crippen LogP contribution in [0, 0.1) is 30.6 Å². The van der Waals surface area contributed by atoms with Crippen LogP contribution in [0.3, 0.4) is 0 Å². The lowest BCUT2D eigenvalue weighted by Gasteiger charge is -2.42. The summed E-state index contributed by atoms with van der Waals surface area (Å²) >= 11 is 0.